The molecule has 0 saturated heterocycles. The minimum absolute atomic E-state index is 0.129. The average Bonchev–Trinajstić information content (AvgIpc) is 3.67. The summed E-state index contributed by atoms with van der Waals surface area (Å²) in [6.45, 7) is 5.88. The Morgan fingerprint density at radius 2 is 1.61 bits per heavy atom. The third kappa shape index (κ3) is 8.10. The second-order valence-electron chi connectivity index (χ2n) is 9.95. The van der Waals surface area contributed by atoms with Gasteiger partial charge in [-0.25, -0.2) is 4.98 Å². The molecule has 0 fully saturated rings. The molecule has 2 aromatic heterocycles. The fourth-order valence-corrected chi connectivity index (χ4v) is 6.50. The molecule has 0 aliphatic rings. The Bertz CT molecular complexity index is 1780. The lowest BCUT2D eigenvalue weighted by Crippen LogP contribution is -2.30. The predicted molar refractivity (Wildman–Crippen MR) is 182 cm³/mol. The first-order valence-corrected chi connectivity index (χ1v) is 16.4. The number of nitrogens with zero attached hydrogens (tertiary/aromatic N) is 1. The van der Waals surface area contributed by atoms with Crippen molar-refractivity contribution in [3.63, 3.8) is 0 Å². The van der Waals surface area contributed by atoms with E-state index in [1.807, 2.05) is 80.1 Å². The third-order valence-corrected chi connectivity index (χ3v) is 9.23. The molecule has 1 unspecified atom stereocenters. The first-order chi connectivity index (χ1) is 21.2. The van der Waals surface area contributed by atoms with Crippen molar-refractivity contribution in [1.82, 2.24) is 10.3 Å². The SMILES string of the molecule is Cc1ccc(-c2nc(NC(=O)C(C)Sc3ccc(NC(=O)/C(=C/c4ccsc4)NC(=O)c4ccccc4)cc3)sc2C)cc1. The van der Waals surface area contributed by atoms with Gasteiger partial charge in [0.25, 0.3) is 11.8 Å². The Kier molecular flexibility index (Phi) is 10.1. The van der Waals surface area contributed by atoms with Gasteiger partial charge in [0.2, 0.25) is 5.91 Å². The normalized spacial score (nSPS) is 11.9. The predicted octanol–water partition coefficient (Wildman–Crippen LogP) is 8.02. The zero-order chi connectivity index (χ0) is 31.1. The van der Waals surface area contributed by atoms with Crippen molar-refractivity contribution in [3.05, 3.63) is 123 Å². The molecule has 0 aliphatic carbocycles. The smallest absolute Gasteiger partial charge is 0.272 e. The van der Waals surface area contributed by atoms with Crippen LogP contribution in [0.5, 0.6) is 0 Å². The average molecular weight is 639 g/mol. The highest BCUT2D eigenvalue weighted by molar-refractivity contribution is 8.00. The molecule has 7 nitrogen and oxygen atoms in total. The molecule has 0 radical (unpaired) electrons. The Balaban J connectivity index is 1.20. The summed E-state index contributed by atoms with van der Waals surface area (Å²) >= 11 is 4.36. The van der Waals surface area contributed by atoms with Gasteiger partial charge < -0.3 is 16.0 Å². The molecule has 5 rings (SSSR count). The highest BCUT2D eigenvalue weighted by Gasteiger charge is 2.19. The Morgan fingerprint density at radius 1 is 0.886 bits per heavy atom. The number of benzene rings is 3. The van der Waals surface area contributed by atoms with Gasteiger partial charge in [0.05, 0.1) is 10.9 Å². The van der Waals surface area contributed by atoms with E-state index in [2.05, 4.69) is 20.9 Å². The Morgan fingerprint density at radius 3 is 2.30 bits per heavy atom. The molecule has 0 bridgehead atoms. The number of thioether (sulfide) groups is 1. The minimum Gasteiger partial charge on any atom is -0.321 e. The van der Waals surface area contributed by atoms with E-state index in [9.17, 15) is 14.4 Å². The number of nitrogens with one attached hydrogen (secondary N) is 3. The van der Waals surface area contributed by atoms with Crippen LogP contribution in [0.4, 0.5) is 10.8 Å². The zero-order valence-electron chi connectivity index (χ0n) is 24.3. The van der Waals surface area contributed by atoms with Crippen LogP contribution in [-0.2, 0) is 9.59 Å². The van der Waals surface area contributed by atoms with Crippen LogP contribution < -0.4 is 16.0 Å². The van der Waals surface area contributed by atoms with Crippen molar-refractivity contribution in [2.45, 2.75) is 30.9 Å². The zero-order valence-corrected chi connectivity index (χ0v) is 26.7. The summed E-state index contributed by atoms with van der Waals surface area (Å²) in [7, 11) is 0. The molecule has 222 valence electrons. The van der Waals surface area contributed by atoms with Gasteiger partial charge in [-0.15, -0.1) is 23.1 Å². The molecule has 2 heterocycles. The van der Waals surface area contributed by atoms with Crippen molar-refractivity contribution >= 4 is 69.1 Å². The lowest BCUT2D eigenvalue weighted by molar-refractivity contribution is -0.115. The van der Waals surface area contributed by atoms with Gasteiger partial charge in [-0.05, 0) is 85.6 Å². The van der Waals surface area contributed by atoms with Gasteiger partial charge in [-0.3, -0.25) is 14.4 Å². The molecule has 5 aromatic rings. The van der Waals surface area contributed by atoms with Crippen LogP contribution in [0, 0.1) is 13.8 Å². The van der Waals surface area contributed by atoms with E-state index in [1.54, 1.807) is 42.5 Å². The van der Waals surface area contributed by atoms with Gasteiger partial charge in [-0.1, -0.05) is 48.0 Å². The highest BCUT2D eigenvalue weighted by Crippen LogP contribution is 2.32. The number of hydrogen-bond acceptors (Lipinski definition) is 7. The van der Waals surface area contributed by atoms with E-state index in [-0.39, 0.29) is 22.8 Å². The van der Waals surface area contributed by atoms with Crippen LogP contribution in [0.2, 0.25) is 0 Å². The molecule has 10 heteroatoms. The Labute approximate surface area is 268 Å². The number of anilines is 2. The summed E-state index contributed by atoms with van der Waals surface area (Å²) in [6, 6.07) is 26.0. The topological polar surface area (TPSA) is 100 Å². The number of thiophene rings is 1. The van der Waals surface area contributed by atoms with E-state index in [1.165, 1.54) is 40.0 Å². The number of carbonyl (C=O) groups excluding carboxylic acids is 3. The van der Waals surface area contributed by atoms with Gasteiger partial charge in [0.1, 0.15) is 5.70 Å². The molecule has 3 aromatic carbocycles. The lowest BCUT2D eigenvalue weighted by atomic mass is 10.1. The van der Waals surface area contributed by atoms with E-state index in [4.69, 9.17) is 0 Å². The van der Waals surface area contributed by atoms with Crippen molar-refractivity contribution in [2.75, 3.05) is 10.6 Å². The summed E-state index contributed by atoms with van der Waals surface area (Å²) in [4.78, 5) is 45.5. The van der Waals surface area contributed by atoms with E-state index in [0.717, 1.165) is 26.6 Å². The molecule has 3 amide bonds. The quantitative estimate of drug-likeness (QED) is 0.106. The maximum Gasteiger partial charge on any atom is 0.272 e. The van der Waals surface area contributed by atoms with Crippen LogP contribution in [-0.4, -0.2) is 28.0 Å². The number of thiazole rings is 1. The van der Waals surface area contributed by atoms with Crippen LogP contribution in [0.25, 0.3) is 17.3 Å². The summed E-state index contributed by atoms with van der Waals surface area (Å²) in [6.07, 6.45) is 1.64. The second-order valence-corrected chi connectivity index (χ2v) is 13.3. The fourth-order valence-electron chi connectivity index (χ4n) is 4.18. The van der Waals surface area contributed by atoms with Gasteiger partial charge in [-0.2, -0.15) is 11.3 Å². The Hall–Kier alpha value is -4.51. The number of hydrogen-bond donors (Lipinski definition) is 3. The first-order valence-electron chi connectivity index (χ1n) is 13.8. The summed E-state index contributed by atoms with van der Waals surface area (Å²) in [5.41, 5.74) is 5.02. The number of amides is 3. The minimum atomic E-state index is -0.447. The largest absolute Gasteiger partial charge is 0.321 e. The lowest BCUT2D eigenvalue weighted by Gasteiger charge is -2.13. The second kappa shape index (κ2) is 14.3. The van der Waals surface area contributed by atoms with Gasteiger partial charge in [0, 0.05) is 26.6 Å². The highest BCUT2D eigenvalue weighted by atomic mass is 32.2. The van der Waals surface area contributed by atoms with Crippen LogP contribution in [0.3, 0.4) is 0 Å². The maximum absolute atomic E-state index is 13.2. The van der Waals surface area contributed by atoms with Crippen molar-refractivity contribution in [3.8, 4) is 11.3 Å². The standard InChI is InChI=1S/C34H30N4O3S3/c1-21-9-11-25(12-10-21)30-22(2)44-34(37-30)38-31(39)23(3)43-28-15-13-27(14-16-28)35-33(41)29(19-24-17-18-42-20-24)36-32(40)26-7-5-4-6-8-26/h4-20,23H,1-3H3,(H,35,41)(H,36,40)(H,37,38,39)/b29-19-. The molecular formula is C34H30N4O3S3. The van der Waals surface area contributed by atoms with E-state index in [0.29, 0.717) is 16.4 Å². The van der Waals surface area contributed by atoms with Gasteiger partial charge >= 0.3 is 0 Å². The van der Waals surface area contributed by atoms with Crippen LogP contribution >= 0.6 is 34.4 Å². The molecule has 0 saturated carbocycles. The maximum atomic E-state index is 13.2. The monoisotopic (exact) mass is 638 g/mol. The third-order valence-electron chi connectivity index (χ3n) is 6.53. The summed E-state index contributed by atoms with van der Waals surface area (Å²) in [5.74, 6) is -0.966. The van der Waals surface area contributed by atoms with E-state index >= 15 is 0 Å². The molecule has 44 heavy (non-hydrogen) atoms. The summed E-state index contributed by atoms with van der Waals surface area (Å²) in [5, 5.41) is 12.5. The first kappa shape index (κ1) is 30.9. The van der Waals surface area contributed by atoms with E-state index < -0.39 is 5.91 Å². The molecule has 1 atom stereocenters. The fraction of sp³-hybridized carbons (Fsp3) is 0.118. The molecular weight excluding hydrogens is 609 g/mol. The number of carbonyl (C=O) groups is 3. The molecule has 3 N–H and O–H groups in total. The number of aromatic nitrogens is 1. The number of aryl methyl sites for hydroxylation is 2. The van der Waals surface area contributed by atoms with Crippen molar-refractivity contribution in [1.29, 1.82) is 0 Å². The molecule has 0 aliphatic heterocycles. The van der Waals surface area contributed by atoms with Gasteiger partial charge in [0.15, 0.2) is 5.13 Å². The number of rotatable bonds is 10. The van der Waals surface area contributed by atoms with Crippen molar-refractivity contribution < 1.29 is 14.4 Å². The van der Waals surface area contributed by atoms with Crippen molar-refractivity contribution in [2.24, 2.45) is 0 Å². The molecule has 0 spiro atoms. The summed E-state index contributed by atoms with van der Waals surface area (Å²) < 4.78 is 0. The van der Waals surface area contributed by atoms with Crippen LogP contribution in [0.1, 0.15) is 33.3 Å². The van der Waals surface area contributed by atoms with Crippen LogP contribution in [0.15, 0.2) is 106 Å².